The number of carbonyl (C=O) groups is 2. The summed E-state index contributed by atoms with van der Waals surface area (Å²) in [5.74, 6) is -1.23. The Morgan fingerprint density at radius 2 is 1.85 bits per heavy atom. The second kappa shape index (κ2) is 9.39. The fourth-order valence-corrected chi connectivity index (χ4v) is 2.67. The average Bonchev–Trinajstić information content (AvgIpc) is 2.68. The summed E-state index contributed by atoms with van der Waals surface area (Å²) in [7, 11) is 3.11. The Morgan fingerprint density at radius 1 is 1.11 bits per heavy atom. The maximum absolute atomic E-state index is 12.4. The molecule has 0 aliphatic heterocycles. The fraction of sp³-hybridized carbons (Fsp3) is 0.286. The Morgan fingerprint density at radius 3 is 2.48 bits per heavy atom. The van der Waals surface area contributed by atoms with Gasteiger partial charge in [-0.1, -0.05) is 29.8 Å². The number of carbonyl (C=O) groups excluding carboxylic acids is 2. The van der Waals surface area contributed by atoms with Crippen molar-refractivity contribution < 1.29 is 19.1 Å². The summed E-state index contributed by atoms with van der Waals surface area (Å²) < 4.78 is 10.4. The molecule has 0 saturated heterocycles. The first kappa shape index (κ1) is 20.0. The quantitative estimate of drug-likeness (QED) is 0.573. The number of ether oxygens (including phenoxy) is 2. The molecule has 0 radical (unpaired) electrons. The number of nitrogens with one attached hydrogen (secondary N) is 1. The molecule has 6 nitrogen and oxygen atoms in total. The number of aryl methyl sites for hydroxylation is 1. The van der Waals surface area contributed by atoms with Gasteiger partial charge in [-0.05, 0) is 37.1 Å². The molecule has 1 amide bonds. The molecule has 2 aromatic carbocycles. The number of ketones is 1. The number of nitriles is 1. The lowest BCUT2D eigenvalue weighted by molar-refractivity contribution is -0.122. The largest absolute Gasteiger partial charge is 0.493 e. The molecule has 2 aromatic rings. The number of rotatable bonds is 8. The number of hydrogen-bond donors (Lipinski definition) is 1. The molecule has 6 heteroatoms. The standard InChI is InChI=1S/C21H22N2O4/c1-14-5-4-6-16(11-14)20(24)17(13-22)21(25)23-10-9-15-7-8-18(26-2)19(12-15)27-3/h4-8,11-12,17H,9-10H2,1-3H3,(H,23,25). The minimum atomic E-state index is -1.36. The lowest BCUT2D eigenvalue weighted by atomic mass is 9.97. The molecule has 1 unspecified atom stereocenters. The topological polar surface area (TPSA) is 88.4 Å². The third-order valence-corrected chi connectivity index (χ3v) is 4.12. The zero-order chi connectivity index (χ0) is 19.8. The molecule has 1 N–H and O–H groups in total. The number of benzene rings is 2. The van der Waals surface area contributed by atoms with Crippen molar-refractivity contribution in [3.8, 4) is 17.6 Å². The molecule has 0 aliphatic rings. The predicted molar refractivity (Wildman–Crippen MR) is 101 cm³/mol. The highest BCUT2D eigenvalue weighted by molar-refractivity contribution is 6.12. The van der Waals surface area contributed by atoms with Crippen LogP contribution in [0.5, 0.6) is 11.5 Å². The van der Waals surface area contributed by atoms with E-state index in [9.17, 15) is 14.9 Å². The first-order valence-electron chi connectivity index (χ1n) is 8.49. The van der Waals surface area contributed by atoms with Crippen molar-refractivity contribution in [1.29, 1.82) is 5.26 Å². The molecule has 0 aliphatic carbocycles. The van der Waals surface area contributed by atoms with Crippen LogP contribution in [-0.2, 0) is 11.2 Å². The third-order valence-electron chi connectivity index (χ3n) is 4.12. The monoisotopic (exact) mass is 366 g/mol. The minimum Gasteiger partial charge on any atom is -0.493 e. The lowest BCUT2D eigenvalue weighted by Gasteiger charge is -2.12. The van der Waals surface area contributed by atoms with Gasteiger partial charge in [0.2, 0.25) is 5.91 Å². The SMILES string of the molecule is COc1ccc(CCNC(=O)C(C#N)C(=O)c2cccc(C)c2)cc1OC. The summed E-state index contributed by atoms with van der Waals surface area (Å²) in [5, 5.41) is 11.9. The molecule has 0 heterocycles. The van der Waals surface area contributed by atoms with Crippen LogP contribution in [-0.4, -0.2) is 32.5 Å². The van der Waals surface area contributed by atoms with Crippen molar-refractivity contribution in [2.24, 2.45) is 5.92 Å². The zero-order valence-electron chi connectivity index (χ0n) is 15.6. The second-order valence-corrected chi connectivity index (χ2v) is 6.03. The van der Waals surface area contributed by atoms with Crippen LogP contribution in [0.4, 0.5) is 0 Å². The van der Waals surface area contributed by atoms with Crippen molar-refractivity contribution in [1.82, 2.24) is 5.32 Å². The molecule has 2 rings (SSSR count). The number of hydrogen-bond acceptors (Lipinski definition) is 5. The van der Waals surface area contributed by atoms with Crippen molar-refractivity contribution in [3.63, 3.8) is 0 Å². The van der Waals surface area contributed by atoms with Gasteiger partial charge in [0.05, 0.1) is 20.3 Å². The predicted octanol–water partition coefficient (Wildman–Crippen LogP) is 2.69. The summed E-state index contributed by atoms with van der Waals surface area (Å²) in [6.45, 7) is 2.15. The van der Waals surface area contributed by atoms with Gasteiger partial charge in [0.1, 0.15) is 0 Å². The molecule has 140 valence electrons. The molecular weight excluding hydrogens is 344 g/mol. The van der Waals surface area contributed by atoms with E-state index >= 15 is 0 Å². The highest BCUT2D eigenvalue weighted by Crippen LogP contribution is 2.27. The van der Waals surface area contributed by atoms with Gasteiger partial charge >= 0.3 is 0 Å². The summed E-state index contributed by atoms with van der Waals surface area (Å²) in [4.78, 5) is 24.7. The van der Waals surface area contributed by atoms with E-state index in [1.165, 1.54) is 0 Å². The van der Waals surface area contributed by atoms with Crippen LogP contribution in [0.2, 0.25) is 0 Å². The number of amides is 1. The van der Waals surface area contributed by atoms with E-state index in [4.69, 9.17) is 9.47 Å². The van der Waals surface area contributed by atoms with E-state index < -0.39 is 17.6 Å². The first-order chi connectivity index (χ1) is 13.0. The molecule has 27 heavy (non-hydrogen) atoms. The number of nitrogens with zero attached hydrogens (tertiary/aromatic N) is 1. The van der Waals surface area contributed by atoms with Gasteiger partial charge in [0.25, 0.3) is 0 Å². The third kappa shape index (κ3) is 5.08. The number of Topliss-reactive ketones (excluding diaryl/α,β-unsaturated/α-hetero) is 1. The highest BCUT2D eigenvalue weighted by Gasteiger charge is 2.27. The highest BCUT2D eigenvalue weighted by atomic mass is 16.5. The van der Waals surface area contributed by atoms with E-state index in [0.29, 0.717) is 30.0 Å². The van der Waals surface area contributed by atoms with Crippen LogP contribution < -0.4 is 14.8 Å². The van der Waals surface area contributed by atoms with Crippen molar-refractivity contribution in [2.75, 3.05) is 20.8 Å². The Balaban J connectivity index is 1.97. The first-order valence-corrected chi connectivity index (χ1v) is 8.49. The number of methoxy groups -OCH3 is 2. The lowest BCUT2D eigenvalue weighted by Crippen LogP contribution is -2.35. The fourth-order valence-electron chi connectivity index (χ4n) is 2.67. The van der Waals surface area contributed by atoms with Crippen LogP contribution in [0.3, 0.4) is 0 Å². The van der Waals surface area contributed by atoms with Crippen LogP contribution >= 0.6 is 0 Å². The smallest absolute Gasteiger partial charge is 0.245 e. The Labute approximate surface area is 158 Å². The van der Waals surface area contributed by atoms with Crippen molar-refractivity contribution in [3.05, 3.63) is 59.2 Å². The van der Waals surface area contributed by atoms with Crippen molar-refractivity contribution >= 4 is 11.7 Å². The molecule has 0 fully saturated rings. The summed E-state index contributed by atoms with van der Waals surface area (Å²) >= 11 is 0. The molecule has 0 saturated carbocycles. The van der Waals surface area contributed by atoms with Crippen LogP contribution in [0.25, 0.3) is 0 Å². The van der Waals surface area contributed by atoms with E-state index in [-0.39, 0.29) is 0 Å². The molecular formula is C21H22N2O4. The van der Waals surface area contributed by atoms with Crippen molar-refractivity contribution in [2.45, 2.75) is 13.3 Å². The molecule has 1 atom stereocenters. The Kier molecular flexibility index (Phi) is 6.95. The van der Waals surface area contributed by atoms with Gasteiger partial charge < -0.3 is 14.8 Å². The average molecular weight is 366 g/mol. The Hall–Kier alpha value is -3.33. The summed E-state index contributed by atoms with van der Waals surface area (Å²) in [6.07, 6.45) is 0.531. The van der Waals surface area contributed by atoms with E-state index in [1.807, 2.05) is 25.1 Å². The Bertz CT molecular complexity index is 871. The molecule has 0 bridgehead atoms. The van der Waals surface area contributed by atoms with Crippen LogP contribution in [0.1, 0.15) is 21.5 Å². The van der Waals surface area contributed by atoms with Crippen LogP contribution in [0, 0.1) is 24.2 Å². The second-order valence-electron chi connectivity index (χ2n) is 6.03. The van der Waals surface area contributed by atoms with Crippen LogP contribution in [0.15, 0.2) is 42.5 Å². The molecule has 0 aromatic heterocycles. The van der Waals surface area contributed by atoms with Gasteiger partial charge in [-0.3, -0.25) is 9.59 Å². The minimum absolute atomic E-state index is 0.299. The van der Waals surface area contributed by atoms with Gasteiger partial charge in [-0.25, -0.2) is 0 Å². The maximum atomic E-state index is 12.4. The normalized spacial score (nSPS) is 11.2. The van der Waals surface area contributed by atoms with E-state index in [2.05, 4.69) is 5.32 Å². The van der Waals surface area contributed by atoms with Gasteiger partial charge in [-0.2, -0.15) is 5.26 Å². The molecule has 0 spiro atoms. The zero-order valence-corrected chi connectivity index (χ0v) is 15.6. The summed E-state index contributed by atoms with van der Waals surface area (Å²) in [6, 6.07) is 14.1. The van der Waals surface area contributed by atoms with E-state index in [1.54, 1.807) is 44.6 Å². The van der Waals surface area contributed by atoms with Gasteiger partial charge in [0, 0.05) is 12.1 Å². The van der Waals surface area contributed by atoms with E-state index in [0.717, 1.165) is 11.1 Å². The summed E-state index contributed by atoms with van der Waals surface area (Å²) in [5.41, 5.74) is 2.19. The van der Waals surface area contributed by atoms with Gasteiger partial charge in [-0.15, -0.1) is 0 Å². The maximum Gasteiger partial charge on any atom is 0.245 e. The van der Waals surface area contributed by atoms with Gasteiger partial charge in [0.15, 0.2) is 23.2 Å².